The predicted octanol–water partition coefficient (Wildman–Crippen LogP) is 6.49. The molecule has 40 heavy (non-hydrogen) atoms. The molecular weight excluding hydrogens is 592 g/mol. The topological polar surface area (TPSA) is 94.4 Å². The van der Waals surface area contributed by atoms with Crippen molar-refractivity contribution in [2.24, 2.45) is 0 Å². The van der Waals surface area contributed by atoms with Crippen LogP contribution in [-0.2, 0) is 10.1 Å². The number of halogens is 5. The molecule has 14 heteroatoms. The van der Waals surface area contributed by atoms with Gasteiger partial charge in [-0.3, -0.25) is 9.69 Å². The number of hydrogen-bond donors (Lipinski definition) is 0. The number of anilines is 1. The van der Waals surface area contributed by atoms with Gasteiger partial charge in [-0.1, -0.05) is 29.3 Å². The predicted molar refractivity (Wildman–Crippen MR) is 146 cm³/mol. The van der Waals surface area contributed by atoms with Crippen LogP contribution in [0.5, 0.6) is 5.75 Å². The van der Waals surface area contributed by atoms with E-state index in [1.54, 1.807) is 50.5 Å². The minimum atomic E-state index is -4.64. The third-order valence-corrected chi connectivity index (χ3v) is 7.44. The van der Waals surface area contributed by atoms with Gasteiger partial charge >= 0.3 is 16.3 Å². The molecule has 8 nitrogen and oxygen atoms in total. The Balaban J connectivity index is 1.74. The molecule has 0 radical (unpaired) electrons. The molecule has 0 saturated carbocycles. The first kappa shape index (κ1) is 29.4. The summed E-state index contributed by atoms with van der Waals surface area (Å²) in [6.45, 7) is 1.69. The van der Waals surface area contributed by atoms with Crippen LogP contribution in [-0.4, -0.2) is 48.1 Å². The maximum atomic E-state index is 13.5. The van der Waals surface area contributed by atoms with E-state index >= 15 is 0 Å². The minimum absolute atomic E-state index is 0.101. The van der Waals surface area contributed by atoms with Crippen LogP contribution in [0.1, 0.15) is 22.5 Å². The maximum Gasteiger partial charge on any atom is 0.390 e. The first-order valence-corrected chi connectivity index (χ1v) is 13.9. The fourth-order valence-electron chi connectivity index (χ4n) is 3.78. The second kappa shape index (κ2) is 11.5. The van der Waals surface area contributed by atoms with Gasteiger partial charge in [-0.25, -0.2) is 9.67 Å². The molecule has 4 rings (SSSR count). The van der Waals surface area contributed by atoms with Crippen molar-refractivity contribution in [3.63, 3.8) is 0 Å². The Labute approximate surface area is 238 Å². The second-order valence-electron chi connectivity index (χ2n) is 8.62. The van der Waals surface area contributed by atoms with Crippen LogP contribution in [0.3, 0.4) is 0 Å². The van der Waals surface area contributed by atoms with Gasteiger partial charge in [0.15, 0.2) is 5.69 Å². The highest BCUT2D eigenvalue weighted by atomic mass is 35.5. The standard InChI is InChI=1S/C26H21Cl2F3N4O4S/c1-16-23(25(36)34(2)22-5-3-4-13-32-22)33-35(21-11-8-18(27)15-20(21)28)24(16)17-6-9-19(10-7-17)39-40(37,38)14-12-26(29,30)31/h3-11,13,15H,12,14H2,1-2H3. The summed E-state index contributed by atoms with van der Waals surface area (Å²) in [6, 6.07) is 15.5. The van der Waals surface area contributed by atoms with Gasteiger partial charge in [0.05, 0.1) is 28.6 Å². The highest BCUT2D eigenvalue weighted by Crippen LogP contribution is 2.34. The van der Waals surface area contributed by atoms with E-state index in [2.05, 4.69) is 10.1 Å². The lowest BCUT2D eigenvalue weighted by Gasteiger charge is -2.14. The molecule has 0 atom stereocenters. The van der Waals surface area contributed by atoms with Crippen LogP contribution in [0, 0.1) is 6.92 Å². The summed E-state index contributed by atoms with van der Waals surface area (Å²) in [5.74, 6) is -1.43. The maximum absolute atomic E-state index is 13.5. The quantitative estimate of drug-likeness (QED) is 0.211. The van der Waals surface area contributed by atoms with Crippen LogP contribution in [0.15, 0.2) is 66.9 Å². The van der Waals surface area contributed by atoms with E-state index in [9.17, 15) is 26.4 Å². The van der Waals surface area contributed by atoms with E-state index in [4.69, 9.17) is 27.4 Å². The van der Waals surface area contributed by atoms with Crippen molar-refractivity contribution in [3.8, 4) is 22.7 Å². The lowest BCUT2D eigenvalue weighted by Crippen LogP contribution is -2.28. The van der Waals surface area contributed by atoms with Gasteiger partial charge < -0.3 is 4.18 Å². The molecule has 0 spiro atoms. The zero-order chi connectivity index (χ0) is 29.2. The van der Waals surface area contributed by atoms with E-state index < -0.39 is 34.4 Å². The number of benzene rings is 2. The molecule has 4 aromatic rings. The number of carbonyl (C=O) groups is 1. The fraction of sp³-hybridized carbons (Fsp3) is 0.192. The largest absolute Gasteiger partial charge is 0.390 e. The van der Waals surface area contributed by atoms with Crippen molar-refractivity contribution in [2.45, 2.75) is 19.5 Å². The molecule has 2 aromatic carbocycles. The molecule has 0 bridgehead atoms. The summed E-state index contributed by atoms with van der Waals surface area (Å²) < 4.78 is 67.7. The van der Waals surface area contributed by atoms with Crippen molar-refractivity contribution >= 4 is 45.0 Å². The van der Waals surface area contributed by atoms with Gasteiger partial charge in [0, 0.05) is 29.4 Å². The fourth-order valence-corrected chi connectivity index (χ4v) is 5.24. The van der Waals surface area contributed by atoms with E-state index in [1.165, 1.54) is 39.9 Å². The van der Waals surface area contributed by atoms with Crippen LogP contribution in [0.4, 0.5) is 19.0 Å². The smallest absolute Gasteiger partial charge is 0.382 e. The summed E-state index contributed by atoms with van der Waals surface area (Å²) in [5.41, 5.74) is 1.94. The van der Waals surface area contributed by atoms with E-state index in [0.29, 0.717) is 33.3 Å². The Hall–Kier alpha value is -3.61. The van der Waals surface area contributed by atoms with Gasteiger partial charge in [-0.05, 0) is 61.5 Å². The third-order valence-electron chi connectivity index (χ3n) is 5.75. The third kappa shape index (κ3) is 6.75. The van der Waals surface area contributed by atoms with Crippen molar-refractivity contribution in [1.82, 2.24) is 14.8 Å². The van der Waals surface area contributed by atoms with Crippen LogP contribution in [0.25, 0.3) is 16.9 Å². The normalized spacial score (nSPS) is 11.9. The van der Waals surface area contributed by atoms with Crippen LogP contribution in [0.2, 0.25) is 10.0 Å². The number of rotatable bonds is 8. The minimum Gasteiger partial charge on any atom is -0.382 e. The first-order valence-electron chi connectivity index (χ1n) is 11.6. The number of pyridine rings is 1. The van der Waals surface area contributed by atoms with Crippen molar-refractivity contribution < 1.29 is 30.6 Å². The highest BCUT2D eigenvalue weighted by Gasteiger charge is 2.31. The Kier molecular flexibility index (Phi) is 8.43. The molecular formula is C26H21Cl2F3N4O4S. The Morgan fingerprint density at radius 2 is 1.77 bits per heavy atom. The highest BCUT2D eigenvalue weighted by molar-refractivity contribution is 7.87. The van der Waals surface area contributed by atoms with E-state index in [1.807, 2.05) is 0 Å². The number of nitrogens with zero attached hydrogens (tertiary/aromatic N) is 4. The number of alkyl halides is 3. The Morgan fingerprint density at radius 3 is 2.38 bits per heavy atom. The molecule has 2 aromatic heterocycles. The molecule has 2 heterocycles. The average molecular weight is 613 g/mol. The first-order chi connectivity index (χ1) is 18.8. The van der Waals surface area contributed by atoms with Crippen molar-refractivity contribution in [2.75, 3.05) is 17.7 Å². The van der Waals surface area contributed by atoms with Gasteiger partial charge in [0.1, 0.15) is 11.6 Å². The monoisotopic (exact) mass is 612 g/mol. The summed E-state index contributed by atoms with van der Waals surface area (Å²) in [5, 5.41) is 5.20. The summed E-state index contributed by atoms with van der Waals surface area (Å²) in [7, 11) is -2.92. The lowest BCUT2D eigenvalue weighted by molar-refractivity contribution is -0.130. The Bertz CT molecular complexity index is 1650. The molecule has 0 fully saturated rings. The summed E-state index contributed by atoms with van der Waals surface area (Å²) in [6.07, 6.45) is -4.62. The summed E-state index contributed by atoms with van der Waals surface area (Å²) in [4.78, 5) is 19.0. The molecule has 210 valence electrons. The van der Waals surface area contributed by atoms with Gasteiger partial charge in [-0.15, -0.1) is 0 Å². The molecule has 0 saturated heterocycles. The van der Waals surface area contributed by atoms with Gasteiger partial charge in [0.25, 0.3) is 5.91 Å². The molecule has 0 N–H and O–H groups in total. The van der Waals surface area contributed by atoms with Crippen LogP contribution < -0.4 is 9.08 Å². The van der Waals surface area contributed by atoms with Crippen molar-refractivity contribution in [1.29, 1.82) is 0 Å². The molecule has 1 amide bonds. The average Bonchev–Trinajstić information content (AvgIpc) is 3.23. The Morgan fingerprint density at radius 1 is 1.07 bits per heavy atom. The van der Waals surface area contributed by atoms with Gasteiger partial charge in [-0.2, -0.15) is 26.7 Å². The summed E-state index contributed by atoms with van der Waals surface area (Å²) >= 11 is 12.5. The molecule has 0 aliphatic rings. The van der Waals surface area contributed by atoms with Crippen molar-refractivity contribution in [3.05, 3.63) is 88.2 Å². The molecule has 0 aliphatic carbocycles. The zero-order valence-corrected chi connectivity index (χ0v) is 23.3. The number of aromatic nitrogens is 3. The number of amides is 1. The molecule has 0 unspecified atom stereocenters. The SMILES string of the molecule is Cc1c(C(=O)N(C)c2ccccn2)nn(-c2ccc(Cl)cc2Cl)c1-c1ccc(OS(=O)(=O)CCC(F)(F)F)cc1. The number of carbonyl (C=O) groups excluding carboxylic acids is 1. The van der Waals surface area contributed by atoms with E-state index in [0.717, 1.165) is 0 Å². The van der Waals surface area contributed by atoms with Gasteiger partial charge in [0.2, 0.25) is 0 Å². The number of hydrogen-bond acceptors (Lipinski definition) is 6. The zero-order valence-electron chi connectivity index (χ0n) is 21.0. The van der Waals surface area contributed by atoms with Crippen LogP contribution >= 0.6 is 23.2 Å². The lowest BCUT2D eigenvalue weighted by atomic mass is 10.1. The second-order valence-corrected chi connectivity index (χ2v) is 11.2. The van der Waals surface area contributed by atoms with E-state index in [-0.39, 0.29) is 16.5 Å². The molecule has 0 aliphatic heterocycles.